The van der Waals surface area contributed by atoms with Crippen LogP contribution in [0, 0.1) is 5.92 Å². The molecular weight excluding hydrogens is 490 g/mol. The van der Waals surface area contributed by atoms with Gasteiger partial charge in [-0.2, -0.15) is 0 Å². The maximum absolute atomic E-state index is 10.6. The predicted molar refractivity (Wildman–Crippen MR) is 154 cm³/mol. The zero-order chi connectivity index (χ0) is 27.8. The summed E-state index contributed by atoms with van der Waals surface area (Å²) in [6.07, 6.45) is 10.4. The van der Waals surface area contributed by atoms with Crippen LogP contribution in [0.25, 0.3) is 18.2 Å². The molecule has 0 bridgehead atoms. The van der Waals surface area contributed by atoms with E-state index in [1.807, 2.05) is 27.0 Å². The summed E-state index contributed by atoms with van der Waals surface area (Å²) >= 11 is 1.57. The van der Waals surface area contributed by atoms with Crippen molar-refractivity contribution >= 4 is 42.1 Å². The molecule has 0 saturated carbocycles. The number of benzene rings is 1. The van der Waals surface area contributed by atoms with Crippen molar-refractivity contribution in [1.82, 2.24) is 10.3 Å². The van der Waals surface area contributed by atoms with Crippen molar-refractivity contribution in [3.63, 3.8) is 0 Å². The van der Waals surface area contributed by atoms with Gasteiger partial charge in [0.15, 0.2) is 11.5 Å². The second-order valence-corrected chi connectivity index (χ2v) is 8.58. The van der Waals surface area contributed by atoms with Gasteiger partial charge in [0.1, 0.15) is 11.3 Å². The van der Waals surface area contributed by atoms with Gasteiger partial charge in [0.25, 0.3) is 0 Å². The summed E-state index contributed by atoms with van der Waals surface area (Å²) in [5.74, 6) is 1.62. The van der Waals surface area contributed by atoms with Gasteiger partial charge < -0.3 is 24.6 Å². The van der Waals surface area contributed by atoms with E-state index in [4.69, 9.17) is 14.2 Å². The van der Waals surface area contributed by atoms with Crippen LogP contribution in [0.15, 0.2) is 35.0 Å². The standard InChI is InChI=1S/C16H21N3OS.C10H12O4.C2H6/c1-11-15(6-7-17-2)19-16(21-11)13-8-12(10-20)4-5-14(9-13)18-3;1-12-8-4-7(6-11)5-9(13-2)10(8)14-3;1-2/h6-9,12,18,20H,1,4-5,10H2,2-3H3;4-6H,1-3H3;1-2H3/b15-6+,17-7?;;. The van der Waals surface area contributed by atoms with Crippen molar-refractivity contribution in [1.29, 1.82) is 0 Å². The minimum absolute atomic E-state index is 0.165. The number of aliphatic imine (C=N–C) groups is 1. The van der Waals surface area contributed by atoms with Crippen molar-refractivity contribution in [3.05, 3.63) is 50.4 Å². The summed E-state index contributed by atoms with van der Waals surface area (Å²) in [4.78, 5) is 19.2. The van der Waals surface area contributed by atoms with Crippen molar-refractivity contribution in [2.45, 2.75) is 26.7 Å². The van der Waals surface area contributed by atoms with E-state index >= 15 is 0 Å². The van der Waals surface area contributed by atoms with Gasteiger partial charge >= 0.3 is 0 Å². The summed E-state index contributed by atoms with van der Waals surface area (Å²) in [5.41, 5.74) is 2.71. The first kappa shape index (κ1) is 31.6. The van der Waals surface area contributed by atoms with Crippen LogP contribution in [0.2, 0.25) is 0 Å². The summed E-state index contributed by atoms with van der Waals surface area (Å²) < 4.78 is 16.1. The van der Waals surface area contributed by atoms with Crippen LogP contribution in [0.5, 0.6) is 17.2 Å². The van der Waals surface area contributed by atoms with Gasteiger partial charge in [-0.25, -0.2) is 4.98 Å². The molecule has 1 atom stereocenters. The number of thiazole rings is 1. The average Bonchev–Trinajstić information content (AvgIpc) is 3.18. The van der Waals surface area contributed by atoms with Crippen molar-refractivity contribution < 1.29 is 24.1 Å². The van der Waals surface area contributed by atoms with Gasteiger partial charge in [-0.15, -0.1) is 11.3 Å². The number of rotatable bonds is 8. The fourth-order valence-corrected chi connectivity index (χ4v) is 4.23. The van der Waals surface area contributed by atoms with Gasteiger partial charge in [0, 0.05) is 54.2 Å². The molecule has 2 N–H and O–H groups in total. The number of nitrogens with zero attached hydrogens (tertiary/aromatic N) is 2. The van der Waals surface area contributed by atoms with Crippen LogP contribution in [0.1, 0.15) is 42.1 Å². The van der Waals surface area contributed by atoms with Crippen LogP contribution >= 0.6 is 11.3 Å². The maximum Gasteiger partial charge on any atom is 0.203 e. The zero-order valence-corrected chi connectivity index (χ0v) is 23.6. The Balaban J connectivity index is 0.000000372. The van der Waals surface area contributed by atoms with Gasteiger partial charge in [-0.1, -0.05) is 26.5 Å². The number of nitrogens with one attached hydrogen (secondary N) is 1. The number of allylic oxidation sites excluding steroid dienone is 3. The summed E-state index contributed by atoms with van der Waals surface area (Å²) in [5, 5.41) is 14.5. The minimum atomic E-state index is 0.165. The number of carbonyl (C=O) groups excluding carboxylic acids is 1. The molecule has 1 aromatic carbocycles. The zero-order valence-electron chi connectivity index (χ0n) is 22.8. The average molecular weight is 530 g/mol. The molecule has 0 aliphatic heterocycles. The highest BCUT2D eigenvalue weighted by molar-refractivity contribution is 7.10. The van der Waals surface area contributed by atoms with Crippen LogP contribution in [-0.4, -0.2) is 64.6 Å². The summed E-state index contributed by atoms with van der Waals surface area (Å²) in [7, 11) is 8.18. The Bertz CT molecular complexity index is 1180. The van der Waals surface area contributed by atoms with Crippen LogP contribution in [0.4, 0.5) is 0 Å². The molecule has 9 heteroatoms. The molecule has 0 fully saturated rings. The monoisotopic (exact) mass is 529 g/mol. The van der Waals surface area contributed by atoms with Crippen LogP contribution < -0.4 is 29.4 Å². The molecule has 1 unspecified atom stereocenters. The second-order valence-electron chi connectivity index (χ2n) is 7.50. The Morgan fingerprint density at radius 2 is 1.86 bits per heavy atom. The number of aliphatic hydroxyl groups is 1. The fraction of sp³-hybridized carbons (Fsp3) is 0.393. The Kier molecular flexibility index (Phi) is 14.6. The number of aldehydes is 1. The van der Waals surface area contributed by atoms with E-state index in [9.17, 15) is 9.90 Å². The molecule has 0 spiro atoms. The number of aliphatic hydroxyl groups excluding tert-OH is 1. The number of methoxy groups -OCH3 is 3. The maximum atomic E-state index is 10.6. The van der Waals surface area contributed by atoms with Gasteiger partial charge in [-0.3, -0.25) is 9.79 Å². The van der Waals surface area contributed by atoms with E-state index in [1.165, 1.54) is 27.0 Å². The fourth-order valence-electron chi connectivity index (χ4n) is 3.39. The molecule has 202 valence electrons. The van der Waals surface area contributed by atoms with Crippen molar-refractivity contribution in [2.75, 3.05) is 42.0 Å². The second kappa shape index (κ2) is 17.1. The highest BCUT2D eigenvalue weighted by atomic mass is 32.1. The molecule has 8 nitrogen and oxygen atoms in total. The number of hydrogen-bond acceptors (Lipinski definition) is 9. The third kappa shape index (κ3) is 9.18. The van der Waals surface area contributed by atoms with Crippen molar-refractivity contribution in [2.24, 2.45) is 10.9 Å². The molecule has 1 heterocycles. The van der Waals surface area contributed by atoms with E-state index in [2.05, 4.69) is 34.0 Å². The summed E-state index contributed by atoms with van der Waals surface area (Å²) in [6.45, 7) is 8.21. The topological polar surface area (TPSA) is 102 Å². The smallest absolute Gasteiger partial charge is 0.203 e. The number of hydrogen-bond donors (Lipinski definition) is 2. The lowest BCUT2D eigenvalue weighted by atomic mass is 10.0. The normalized spacial score (nSPS) is 15.2. The Morgan fingerprint density at radius 1 is 1.22 bits per heavy atom. The molecule has 1 aliphatic rings. The largest absolute Gasteiger partial charge is 0.493 e. The van der Waals surface area contributed by atoms with E-state index in [1.54, 1.807) is 36.7 Å². The molecular formula is C28H39N3O5S. The van der Waals surface area contributed by atoms with E-state index < -0.39 is 0 Å². The first-order chi connectivity index (χ1) is 17.9. The molecule has 1 aromatic heterocycles. The third-order valence-electron chi connectivity index (χ3n) is 5.26. The minimum Gasteiger partial charge on any atom is -0.493 e. The quantitative estimate of drug-likeness (QED) is 0.399. The van der Waals surface area contributed by atoms with Crippen molar-refractivity contribution in [3.8, 4) is 17.2 Å². The van der Waals surface area contributed by atoms with Gasteiger partial charge in [-0.05, 0) is 37.1 Å². The number of aromatic nitrogens is 1. The summed E-state index contributed by atoms with van der Waals surface area (Å²) in [6, 6.07) is 3.18. The molecule has 2 aromatic rings. The molecule has 1 aliphatic carbocycles. The predicted octanol–water partition coefficient (Wildman–Crippen LogP) is 3.47. The third-order valence-corrected chi connectivity index (χ3v) is 6.24. The highest BCUT2D eigenvalue weighted by Gasteiger charge is 2.15. The molecule has 37 heavy (non-hydrogen) atoms. The van der Waals surface area contributed by atoms with Gasteiger partial charge in [0.05, 0.1) is 26.7 Å². The Morgan fingerprint density at radius 3 is 2.35 bits per heavy atom. The highest BCUT2D eigenvalue weighted by Crippen LogP contribution is 2.37. The first-order valence-electron chi connectivity index (χ1n) is 12.0. The molecule has 0 amide bonds. The number of carbonyl (C=O) groups is 1. The van der Waals surface area contributed by atoms with Gasteiger partial charge in [0.2, 0.25) is 5.75 Å². The molecule has 0 saturated heterocycles. The molecule has 0 radical (unpaired) electrons. The van der Waals surface area contributed by atoms with E-state index in [-0.39, 0.29) is 12.5 Å². The number of ether oxygens (including phenoxy) is 3. The lowest BCUT2D eigenvalue weighted by molar-refractivity contribution is 0.112. The van der Waals surface area contributed by atoms with Crippen LogP contribution in [-0.2, 0) is 0 Å². The first-order valence-corrected chi connectivity index (χ1v) is 12.8. The Hall–Kier alpha value is -3.43. The van der Waals surface area contributed by atoms with E-state index in [0.29, 0.717) is 22.8 Å². The SMILES string of the molecule is C=c1sc(C2=CC(CO)CCC(NC)=C2)n/c1=C/C=NC.CC.COc1cc(C=O)cc(OC)c1OC. The lowest BCUT2D eigenvalue weighted by Gasteiger charge is -2.11. The van der Waals surface area contributed by atoms with E-state index in [0.717, 1.165) is 39.6 Å². The Labute approximate surface area is 223 Å². The molecule has 3 rings (SSSR count). The lowest BCUT2D eigenvalue weighted by Crippen LogP contribution is -2.19. The van der Waals surface area contributed by atoms with Crippen LogP contribution in [0.3, 0.4) is 0 Å².